The number of hydrogen-bond donors (Lipinski definition) is 0. The highest BCUT2D eigenvalue weighted by Crippen LogP contribution is 2.37. The zero-order chi connectivity index (χ0) is 11.8. The molecule has 1 saturated carbocycles. The molecule has 4 heteroatoms. The molecule has 3 nitrogen and oxygen atoms in total. The Morgan fingerprint density at radius 1 is 1.41 bits per heavy atom. The van der Waals surface area contributed by atoms with E-state index in [1.807, 2.05) is 0 Å². The Kier molecular flexibility index (Phi) is 2.90. The molecule has 0 bridgehead atoms. The lowest BCUT2D eigenvalue weighted by atomic mass is 10.0. The number of hydrogen-bond acceptors (Lipinski definition) is 4. The van der Waals surface area contributed by atoms with Crippen LogP contribution >= 0.6 is 11.3 Å². The van der Waals surface area contributed by atoms with Crippen molar-refractivity contribution in [2.45, 2.75) is 51.5 Å². The summed E-state index contributed by atoms with van der Waals surface area (Å²) in [5, 5.41) is 1.09. The minimum absolute atomic E-state index is 0.308. The van der Waals surface area contributed by atoms with Crippen LogP contribution in [0, 0.1) is 0 Å². The first-order chi connectivity index (χ1) is 8.29. The van der Waals surface area contributed by atoms with Crippen molar-refractivity contribution in [2.24, 2.45) is 0 Å². The molecule has 0 N–H and O–H groups in total. The van der Waals surface area contributed by atoms with Gasteiger partial charge in [-0.25, -0.2) is 4.98 Å². The van der Waals surface area contributed by atoms with E-state index in [-0.39, 0.29) is 0 Å². The summed E-state index contributed by atoms with van der Waals surface area (Å²) in [7, 11) is 0. The third kappa shape index (κ3) is 2.10. The summed E-state index contributed by atoms with van der Waals surface area (Å²) in [6, 6.07) is 0.692. The Bertz CT molecular complexity index is 437. The number of anilines is 1. The molecule has 0 spiro atoms. The molecular formula is C13H18N2OS. The van der Waals surface area contributed by atoms with Gasteiger partial charge in [-0.3, -0.25) is 4.79 Å². The molecule has 1 heterocycles. The molecule has 0 saturated heterocycles. The molecule has 2 aliphatic rings. The standard InChI is InChI=1S/C13H18N2OS/c1-2-8-15(9-6-7-9)13-14-10-4-3-5-11(16)12(10)17-13/h9H,2-8H2,1H3. The molecule has 0 aromatic carbocycles. The fraction of sp³-hybridized carbons (Fsp3) is 0.692. The van der Waals surface area contributed by atoms with Crippen LogP contribution in [0.4, 0.5) is 5.13 Å². The number of ketones is 1. The summed E-state index contributed by atoms with van der Waals surface area (Å²) < 4.78 is 0. The maximum atomic E-state index is 11.8. The predicted octanol–water partition coefficient (Wildman–Crippen LogP) is 3.04. The highest BCUT2D eigenvalue weighted by atomic mass is 32.1. The SMILES string of the molecule is CCCN(c1nc2c(s1)C(=O)CCC2)C1CC1. The fourth-order valence-corrected chi connectivity index (χ4v) is 3.62. The van der Waals surface area contributed by atoms with Crippen LogP contribution in [0.25, 0.3) is 0 Å². The van der Waals surface area contributed by atoms with Crippen LogP contribution in [0.3, 0.4) is 0 Å². The summed E-state index contributed by atoms with van der Waals surface area (Å²) in [5.74, 6) is 0.308. The number of aromatic nitrogens is 1. The highest BCUT2D eigenvalue weighted by molar-refractivity contribution is 7.17. The van der Waals surface area contributed by atoms with Crippen molar-refractivity contribution in [3.63, 3.8) is 0 Å². The number of nitrogens with zero attached hydrogens (tertiary/aromatic N) is 2. The second-order valence-electron chi connectivity index (χ2n) is 4.97. The van der Waals surface area contributed by atoms with Gasteiger partial charge in [0.25, 0.3) is 0 Å². The summed E-state index contributed by atoms with van der Waals surface area (Å²) in [6.45, 7) is 3.28. The van der Waals surface area contributed by atoms with Gasteiger partial charge in [0.15, 0.2) is 10.9 Å². The molecule has 2 aliphatic carbocycles. The van der Waals surface area contributed by atoms with Gasteiger partial charge in [-0.2, -0.15) is 0 Å². The molecule has 0 radical (unpaired) electrons. The minimum Gasteiger partial charge on any atom is -0.345 e. The summed E-state index contributed by atoms with van der Waals surface area (Å²) in [6.07, 6.45) is 6.41. The zero-order valence-corrected chi connectivity index (χ0v) is 11.1. The van der Waals surface area contributed by atoms with Crippen LogP contribution in [0.1, 0.15) is 54.4 Å². The normalized spacial score (nSPS) is 19.2. The van der Waals surface area contributed by atoms with Crippen molar-refractivity contribution in [1.82, 2.24) is 4.98 Å². The van der Waals surface area contributed by atoms with E-state index < -0.39 is 0 Å². The zero-order valence-electron chi connectivity index (χ0n) is 10.2. The topological polar surface area (TPSA) is 33.2 Å². The molecule has 17 heavy (non-hydrogen) atoms. The smallest absolute Gasteiger partial charge is 0.186 e. The Morgan fingerprint density at radius 3 is 2.88 bits per heavy atom. The Hall–Kier alpha value is -0.900. The maximum absolute atomic E-state index is 11.8. The summed E-state index contributed by atoms with van der Waals surface area (Å²) in [5.41, 5.74) is 1.06. The average molecular weight is 250 g/mol. The molecule has 1 aromatic rings. The monoisotopic (exact) mass is 250 g/mol. The molecule has 1 aromatic heterocycles. The second-order valence-corrected chi connectivity index (χ2v) is 5.95. The van der Waals surface area contributed by atoms with E-state index >= 15 is 0 Å². The number of Topliss-reactive ketones (excluding diaryl/α,β-unsaturated/α-hetero) is 1. The molecule has 92 valence electrons. The first-order valence-corrected chi connectivity index (χ1v) is 7.40. The second kappa shape index (κ2) is 4.41. The number of carbonyl (C=O) groups excluding carboxylic acids is 1. The maximum Gasteiger partial charge on any atom is 0.186 e. The predicted molar refractivity (Wildman–Crippen MR) is 70.0 cm³/mol. The van der Waals surface area contributed by atoms with Gasteiger partial charge in [0.1, 0.15) is 0 Å². The van der Waals surface area contributed by atoms with Crippen LogP contribution in [0.2, 0.25) is 0 Å². The van der Waals surface area contributed by atoms with E-state index in [0.717, 1.165) is 41.5 Å². The van der Waals surface area contributed by atoms with Crippen molar-refractivity contribution >= 4 is 22.3 Å². The van der Waals surface area contributed by atoms with Crippen molar-refractivity contribution in [2.75, 3.05) is 11.4 Å². The summed E-state index contributed by atoms with van der Waals surface area (Å²) >= 11 is 1.63. The fourth-order valence-electron chi connectivity index (χ4n) is 2.44. The lowest BCUT2D eigenvalue weighted by molar-refractivity contribution is 0.0976. The molecule has 0 amide bonds. The van der Waals surface area contributed by atoms with Gasteiger partial charge in [-0.15, -0.1) is 0 Å². The summed E-state index contributed by atoms with van der Waals surface area (Å²) in [4.78, 5) is 19.9. The van der Waals surface area contributed by atoms with Gasteiger partial charge in [0, 0.05) is 19.0 Å². The van der Waals surface area contributed by atoms with Crippen LogP contribution in [-0.2, 0) is 6.42 Å². The van der Waals surface area contributed by atoms with Gasteiger partial charge in [0.2, 0.25) is 0 Å². The molecule has 0 aliphatic heterocycles. The third-order valence-corrected chi connectivity index (χ3v) is 4.63. The van der Waals surface area contributed by atoms with E-state index in [1.165, 1.54) is 12.8 Å². The molecule has 1 fully saturated rings. The number of fused-ring (bicyclic) bond motifs is 1. The van der Waals surface area contributed by atoms with Gasteiger partial charge in [-0.1, -0.05) is 18.3 Å². The quantitative estimate of drug-likeness (QED) is 0.823. The number of rotatable bonds is 4. The Labute approximate surface area is 106 Å². The van der Waals surface area contributed by atoms with Gasteiger partial charge < -0.3 is 4.90 Å². The van der Waals surface area contributed by atoms with E-state index in [1.54, 1.807) is 11.3 Å². The third-order valence-electron chi connectivity index (χ3n) is 3.45. The number of aryl methyl sites for hydroxylation is 1. The van der Waals surface area contributed by atoms with Crippen LogP contribution in [0.15, 0.2) is 0 Å². The van der Waals surface area contributed by atoms with Gasteiger partial charge in [0.05, 0.1) is 10.6 Å². The average Bonchev–Trinajstić information content (AvgIpc) is 3.05. The van der Waals surface area contributed by atoms with Crippen LogP contribution in [-0.4, -0.2) is 23.4 Å². The van der Waals surface area contributed by atoms with E-state index in [0.29, 0.717) is 18.2 Å². The first-order valence-electron chi connectivity index (χ1n) is 6.59. The van der Waals surface area contributed by atoms with Gasteiger partial charge in [-0.05, 0) is 32.1 Å². The van der Waals surface area contributed by atoms with Crippen molar-refractivity contribution in [1.29, 1.82) is 0 Å². The van der Waals surface area contributed by atoms with Crippen molar-refractivity contribution in [3.05, 3.63) is 10.6 Å². The van der Waals surface area contributed by atoms with E-state index in [2.05, 4.69) is 11.8 Å². The molecule has 3 rings (SSSR count). The minimum atomic E-state index is 0.308. The number of thiazole rings is 1. The molecule has 0 atom stereocenters. The number of carbonyl (C=O) groups is 1. The van der Waals surface area contributed by atoms with E-state index in [4.69, 9.17) is 4.98 Å². The van der Waals surface area contributed by atoms with Crippen molar-refractivity contribution in [3.8, 4) is 0 Å². The van der Waals surface area contributed by atoms with Crippen LogP contribution in [0.5, 0.6) is 0 Å². The first kappa shape index (κ1) is 11.2. The molecule has 0 unspecified atom stereocenters. The molecular weight excluding hydrogens is 232 g/mol. The van der Waals surface area contributed by atoms with Gasteiger partial charge >= 0.3 is 0 Å². The van der Waals surface area contributed by atoms with Crippen LogP contribution < -0.4 is 4.90 Å². The Balaban J connectivity index is 1.89. The Morgan fingerprint density at radius 2 is 2.24 bits per heavy atom. The lowest BCUT2D eigenvalue weighted by Crippen LogP contribution is -2.26. The van der Waals surface area contributed by atoms with Crippen molar-refractivity contribution < 1.29 is 4.79 Å². The lowest BCUT2D eigenvalue weighted by Gasteiger charge is -2.20. The van der Waals surface area contributed by atoms with E-state index in [9.17, 15) is 4.79 Å². The largest absolute Gasteiger partial charge is 0.345 e. The highest BCUT2D eigenvalue weighted by Gasteiger charge is 2.32.